The van der Waals surface area contributed by atoms with Gasteiger partial charge in [0.05, 0.1) is 0 Å². The summed E-state index contributed by atoms with van der Waals surface area (Å²) in [6.07, 6.45) is 0.304. The van der Waals surface area contributed by atoms with Crippen LogP contribution >= 0.6 is 11.3 Å². The highest BCUT2D eigenvalue weighted by Crippen LogP contribution is 2.45. The summed E-state index contributed by atoms with van der Waals surface area (Å²) in [6.45, 7) is 3.87. The van der Waals surface area contributed by atoms with Gasteiger partial charge in [0.25, 0.3) is 0 Å². The number of thiophene rings is 1. The molecule has 0 aromatic carbocycles. The van der Waals surface area contributed by atoms with E-state index in [0.717, 1.165) is 15.3 Å². The van der Waals surface area contributed by atoms with Crippen LogP contribution in [0.3, 0.4) is 0 Å². The van der Waals surface area contributed by atoms with Gasteiger partial charge in [0.1, 0.15) is 11.2 Å². The van der Waals surface area contributed by atoms with E-state index in [0.29, 0.717) is 0 Å². The van der Waals surface area contributed by atoms with Crippen molar-refractivity contribution in [1.82, 2.24) is 0 Å². The van der Waals surface area contributed by atoms with Gasteiger partial charge in [-0.05, 0) is 25.5 Å². The van der Waals surface area contributed by atoms with Crippen LogP contribution in [0, 0.1) is 13.8 Å². The van der Waals surface area contributed by atoms with E-state index in [4.69, 9.17) is 0 Å². The number of hydrogen-bond acceptors (Lipinski definition) is 3. The second-order valence-corrected chi connectivity index (χ2v) is 5.57. The molecule has 0 amide bonds. The summed E-state index contributed by atoms with van der Waals surface area (Å²) < 4.78 is 0. The molecule has 4 heteroatoms. The Balaban J connectivity index is 2.47. The highest BCUT2D eigenvalue weighted by Gasteiger charge is 2.52. The van der Waals surface area contributed by atoms with E-state index in [-0.39, 0.29) is 18.6 Å². The number of rotatable bonds is 2. The summed E-state index contributed by atoms with van der Waals surface area (Å²) in [6, 6.07) is 1.90. The first-order valence-corrected chi connectivity index (χ1v) is 5.60. The molecule has 0 spiro atoms. The van der Waals surface area contributed by atoms with E-state index in [1.807, 2.05) is 19.9 Å². The van der Waals surface area contributed by atoms with Gasteiger partial charge in [0.2, 0.25) is 0 Å². The van der Waals surface area contributed by atoms with Crippen LogP contribution in [0.4, 0.5) is 0 Å². The summed E-state index contributed by atoms with van der Waals surface area (Å²) in [5.74, 6) is -0.830. The third-order valence-corrected chi connectivity index (χ3v) is 3.93. The standard InChI is InChI=1S/C11H12O3S/c1-6-3-9(7(2)15-6)11(10(13)14)4-8(12)5-11/h3H,4-5H2,1-2H3,(H,13,14). The fourth-order valence-electron chi connectivity index (χ4n) is 2.18. The first kappa shape index (κ1) is 10.4. The third kappa shape index (κ3) is 1.40. The first-order valence-electron chi connectivity index (χ1n) is 4.78. The Hall–Kier alpha value is -1.16. The van der Waals surface area contributed by atoms with Gasteiger partial charge in [-0.2, -0.15) is 0 Å². The fraction of sp³-hybridized carbons (Fsp3) is 0.455. The largest absolute Gasteiger partial charge is 0.481 e. The first-order chi connectivity index (χ1) is 6.95. The van der Waals surface area contributed by atoms with Gasteiger partial charge in [-0.15, -0.1) is 11.3 Å². The lowest BCUT2D eigenvalue weighted by atomic mass is 9.63. The van der Waals surface area contributed by atoms with Crippen LogP contribution in [0.2, 0.25) is 0 Å². The Morgan fingerprint density at radius 3 is 2.40 bits per heavy atom. The van der Waals surface area contributed by atoms with Crippen LogP contribution in [-0.4, -0.2) is 16.9 Å². The van der Waals surface area contributed by atoms with Crippen LogP contribution in [0.1, 0.15) is 28.2 Å². The van der Waals surface area contributed by atoms with Gasteiger partial charge in [-0.25, -0.2) is 0 Å². The smallest absolute Gasteiger partial charge is 0.315 e. The zero-order chi connectivity index (χ0) is 11.2. The predicted molar refractivity (Wildman–Crippen MR) is 57.3 cm³/mol. The van der Waals surface area contributed by atoms with Crippen molar-refractivity contribution in [2.75, 3.05) is 0 Å². The molecule has 1 aromatic rings. The van der Waals surface area contributed by atoms with Crippen molar-refractivity contribution in [3.8, 4) is 0 Å². The zero-order valence-electron chi connectivity index (χ0n) is 8.66. The lowest BCUT2D eigenvalue weighted by molar-refractivity contribution is -0.153. The van der Waals surface area contributed by atoms with Crippen molar-refractivity contribution in [1.29, 1.82) is 0 Å². The molecule has 0 saturated heterocycles. The average Bonchev–Trinajstić information content (AvgIpc) is 2.39. The highest BCUT2D eigenvalue weighted by atomic mass is 32.1. The molecule has 1 saturated carbocycles. The summed E-state index contributed by atoms with van der Waals surface area (Å²) in [4.78, 5) is 24.4. The molecule has 0 bridgehead atoms. The third-order valence-electron chi connectivity index (χ3n) is 2.96. The number of carbonyl (C=O) groups excluding carboxylic acids is 1. The zero-order valence-corrected chi connectivity index (χ0v) is 9.48. The molecule has 0 radical (unpaired) electrons. The van der Waals surface area contributed by atoms with E-state index < -0.39 is 11.4 Å². The molecule has 2 rings (SSSR count). The van der Waals surface area contributed by atoms with Crippen molar-refractivity contribution < 1.29 is 14.7 Å². The maximum atomic E-state index is 11.3. The monoisotopic (exact) mass is 224 g/mol. The molecule has 0 atom stereocenters. The number of carboxylic acids is 1. The van der Waals surface area contributed by atoms with Crippen LogP contribution < -0.4 is 0 Å². The Kier molecular flexibility index (Phi) is 2.19. The minimum absolute atomic E-state index is 0.0423. The van der Waals surface area contributed by atoms with E-state index in [2.05, 4.69) is 0 Å². The van der Waals surface area contributed by atoms with Crippen molar-refractivity contribution in [2.24, 2.45) is 0 Å². The average molecular weight is 224 g/mol. The summed E-state index contributed by atoms with van der Waals surface area (Å²) >= 11 is 1.59. The van der Waals surface area contributed by atoms with Gasteiger partial charge in [-0.1, -0.05) is 0 Å². The number of carboxylic acid groups (broad SMARTS) is 1. The SMILES string of the molecule is Cc1cc(C2(C(=O)O)CC(=O)C2)c(C)s1. The summed E-state index contributed by atoms with van der Waals surface area (Å²) in [5.41, 5.74) is -0.0940. The van der Waals surface area contributed by atoms with E-state index in [1.165, 1.54) is 0 Å². The molecule has 80 valence electrons. The van der Waals surface area contributed by atoms with Crippen molar-refractivity contribution in [3.05, 3.63) is 21.4 Å². The molecule has 1 aliphatic rings. The molecule has 1 aromatic heterocycles. The minimum atomic E-state index is -0.925. The van der Waals surface area contributed by atoms with Gasteiger partial charge < -0.3 is 5.11 Å². The maximum absolute atomic E-state index is 11.3. The molecule has 0 aliphatic heterocycles. The Bertz CT molecular complexity index is 437. The van der Waals surface area contributed by atoms with Crippen molar-refractivity contribution in [2.45, 2.75) is 32.1 Å². The predicted octanol–water partition coefficient (Wildman–Crippen LogP) is 2.05. The van der Waals surface area contributed by atoms with Crippen LogP contribution in [-0.2, 0) is 15.0 Å². The van der Waals surface area contributed by atoms with Crippen LogP contribution in [0.5, 0.6) is 0 Å². The minimum Gasteiger partial charge on any atom is -0.481 e. The molecule has 1 fully saturated rings. The lowest BCUT2D eigenvalue weighted by Crippen LogP contribution is -2.48. The van der Waals surface area contributed by atoms with Crippen LogP contribution in [0.25, 0.3) is 0 Å². The molecule has 1 heterocycles. The second kappa shape index (κ2) is 3.17. The number of aryl methyl sites for hydroxylation is 2. The Morgan fingerprint density at radius 1 is 1.47 bits per heavy atom. The van der Waals surface area contributed by atoms with E-state index in [1.54, 1.807) is 11.3 Å². The number of ketones is 1. The Morgan fingerprint density at radius 2 is 2.07 bits per heavy atom. The van der Waals surface area contributed by atoms with Gasteiger partial charge >= 0.3 is 5.97 Å². The molecule has 0 unspecified atom stereocenters. The lowest BCUT2D eigenvalue weighted by Gasteiger charge is -2.36. The molecule has 1 aliphatic carbocycles. The van der Waals surface area contributed by atoms with Crippen LogP contribution in [0.15, 0.2) is 6.07 Å². The van der Waals surface area contributed by atoms with Crippen molar-refractivity contribution in [3.63, 3.8) is 0 Å². The molecule has 1 N–H and O–H groups in total. The molecular formula is C11H12O3S. The van der Waals surface area contributed by atoms with Crippen molar-refractivity contribution >= 4 is 23.1 Å². The summed E-state index contributed by atoms with van der Waals surface area (Å²) in [5, 5.41) is 9.24. The quantitative estimate of drug-likeness (QED) is 0.836. The number of aliphatic carboxylic acids is 1. The highest BCUT2D eigenvalue weighted by molar-refractivity contribution is 7.12. The molecule has 15 heavy (non-hydrogen) atoms. The molecular weight excluding hydrogens is 212 g/mol. The Labute approximate surface area is 91.7 Å². The normalized spacial score (nSPS) is 18.7. The van der Waals surface area contributed by atoms with E-state index in [9.17, 15) is 14.7 Å². The van der Waals surface area contributed by atoms with E-state index >= 15 is 0 Å². The number of Topliss-reactive ketones (excluding diaryl/α,β-unsaturated/α-hetero) is 1. The fourth-order valence-corrected chi connectivity index (χ4v) is 3.21. The summed E-state index contributed by atoms with van der Waals surface area (Å²) in [7, 11) is 0. The molecule has 3 nitrogen and oxygen atoms in total. The maximum Gasteiger partial charge on any atom is 0.315 e. The topological polar surface area (TPSA) is 54.4 Å². The van der Waals surface area contributed by atoms with Gasteiger partial charge in [-0.3, -0.25) is 9.59 Å². The number of hydrogen-bond donors (Lipinski definition) is 1. The van der Waals surface area contributed by atoms with Gasteiger partial charge in [0.15, 0.2) is 0 Å². The number of carbonyl (C=O) groups is 2. The van der Waals surface area contributed by atoms with Gasteiger partial charge in [0, 0.05) is 22.6 Å². The second-order valence-electron chi connectivity index (χ2n) is 4.11.